The SMILES string of the molecule is CC1Nc2cc(Br)ccc2S(=O)(=O)C1CO. The van der Waals surface area contributed by atoms with Gasteiger partial charge in [0.1, 0.15) is 5.25 Å². The van der Waals surface area contributed by atoms with E-state index in [1.54, 1.807) is 25.1 Å². The van der Waals surface area contributed by atoms with Crippen molar-refractivity contribution in [1.82, 2.24) is 0 Å². The van der Waals surface area contributed by atoms with Crippen molar-refractivity contribution < 1.29 is 13.5 Å². The van der Waals surface area contributed by atoms with Gasteiger partial charge in [-0.2, -0.15) is 0 Å². The topological polar surface area (TPSA) is 66.4 Å². The average Bonchev–Trinajstić information content (AvgIpc) is 2.16. The molecule has 16 heavy (non-hydrogen) atoms. The molecule has 1 aliphatic heterocycles. The van der Waals surface area contributed by atoms with Gasteiger partial charge in [0.05, 0.1) is 17.2 Å². The summed E-state index contributed by atoms with van der Waals surface area (Å²) in [6.45, 7) is 1.38. The molecule has 0 bridgehead atoms. The zero-order valence-corrected chi connectivity index (χ0v) is 11.0. The predicted octanol–water partition coefficient (Wildman–Crippen LogP) is 1.40. The lowest BCUT2D eigenvalue weighted by Crippen LogP contribution is -2.44. The van der Waals surface area contributed by atoms with Crippen LogP contribution < -0.4 is 5.32 Å². The molecule has 2 atom stereocenters. The Morgan fingerprint density at radius 3 is 2.81 bits per heavy atom. The van der Waals surface area contributed by atoms with Gasteiger partial charge in [0.25, 0.3) is 0 Å². The summed E-state index contributed by atoms with van der Waals surface area (Å²) >= 11 is 3.30. The maximum atomic E-state index is 12.1. The molecular formula is C10H12BrNO3S. The zero-order valence-electron chi connectivity index (χ0n) is 8.64. The fourth-order valence-electron chi connectivity index (χ4n) is 1.89. The van der Waals surface area contributed by atoms with E-state index in [0.29, 0.717) is 5.69 Å². The normalized spacial score (nSPS) is 26.9. The Bertz CT molecular complexity index is 515. The number of hydrogen-bond donors (Lipinski definition) is 2. The molecule has 88 valence electrons. The Morgan fingerprint density at radius 2 is 2.19 bits per heavy atom. The minimum Gasteiger partial charge on any atom is -0.395 e. The maximum absolute atomic E-state index is 12.1. The monoisotopic (exact) mass is 305 g/mol. The van der Waals surface area contributed by atoms with E-state index in [4.69, 9.17) is 5.11 Å². The number of sulfone groups is 1. The molecule has 0 spiro atoms. The molecule has 2 N–H and O–H groups in total. The van der Waals surface area contributed by atoms with Crippen LogP contribution in [-0.2, 0) is 9.84 Å². The van der Waals surface area contributed by atoms with Crippen molar-refractivity contribution in [3.63, 3.8) is 0 Å². The molecule has 6 heteroatoms. The molecule has 0 radical (unpaired) electrons. The summed E-state index contributed by atoms with van der Waals surface area (Å²) < 4.78 is 25.1. The van der Waals surface area contributed by atoms with Gasteiger partial charge in [0.15, 0.2) is 9.84 Å². The van der Waals surface area contributed by atoms with Crippen LogP contribution in [0.5, 0.6) is 0 Å². The third-order valence-electron chi connectivity index (χ3n) is 2.77. The number of benzene rings is 1. The molecule has 0 fully saturated rings. The minimum atomic E-state index is -3.43. The lowest BCUT2D eigenvalue weighted by atomic mass is 10.2. The molecule has 0 aromatic heterocycles. The number of halogens is 1. The first-order valence-electron chi connectivity index (χ1n) is 4.87. The van der Waals surface area contributed by atoms with Gasteiger partial charge in [0.2, 0.25) is 0 Å². The Balaban J connectivity index is 2.62. The average molecular weight is 306 g/mol. The summed E-state index contributed by atoms with van der Waals surface area (Å²) in [5.41, 5.74) is 0.589. The number of hydrogen-bond acceptors (Lipinski definition) is 4. The first-order chi connectivity index (χ1) is 7.46. The molecule has 4 nitrogen and oxygen atoms in total. The fraction of sp³-hybridized carbons (Fsp3) is 0.400. The summed E-state index contributed by atoms with van der Waals surface area (Å²) in [4.78, 5) is 0.257. The highest BCUT2D eigenvalue weighted by atomic mass is 79.9. The first-order valence-corrected chi connectivity index (χ1v) is 7.21. The molecule has 0 aliphatic carbocycles. The highest BCUT2D eigenvalue weighted by Crippen LogP contribution is 2.34. The van der Waals surface area contributed by atoms with E-state index in [0.717, 1.165) is 4.47 Å². The van der Waals surface area contributed by atoms with Crippen LogP contribution in [0.25, 0.3) is 0 Å². The van der Waals surface area contributed by atoms with Gasteiger partial charge in [-0.15, -0.1) is 0 Å². The van der Waals surface area contributed by atoms with Gasteiger partial charge in [-0.1, -0.05) is 15.9 Å². The molecular weight excluding hydrogens is 294 g/mol. The molecule has 1 aliphatic rings. The Hall–Kier alpha value is -0.590. The summed E-state index contributed by atoms with van der Waals surface area (Å²) in [6, 6.07) is 4.67. The second-order valence-corrected chi connectivity index (χ2v) is 6.89. The van der Waals surface area contributed by atoms with E-state index in [1.807, 2.05) is 0 Å². The lowest BCUT2D eigenvalue weighted by Gasteiger charge is -2.31. The van der Waals surface area contributed by atoms with Gasteiger partial charge >= 0.3 is 0 Å². The number of rotatable bonds is 1. The Labute approximate surface area is 103 Å². The largest absolute Gasteiger partial charge is 0.395 e. The van der Waals surface area contributed by atoms with Crippen molar-refractivity contribution in [2.24, 2.45) is 0 Å². The van der Waals surface area contributed by atoms with Crippen LogP contribution in [0.4, 0.5) is 5.69 Å². The number of aliphatic hydroxyl groups is 1. The summed E-state index contributed by atoms with van der Waals surface area (Å²) in [5.74, 6) is 0. The van der Waals surface area contributed by atoms with E-state index in [-0.39, 0.29) is 17.5 Å². The van der Waals surface area contributed by atoms with Crippen LogP contribution in [0, 0.1) is 0 Å². The molecule has 1 aromatic carbocycles. The molecule has 0 saturated carbocycles. The van der Waals surface area contributed by atoms with E-state index >= 15 is 0 Å². The van der Waals surface area contributed by atoms with E-state index in [9.17, 15) is 8.42 Å². The van der Waals surface area contributed by atoms with E-state index < -0.39 is 15.1 Å². The van der Waals surface area contributed by atoms with E-state index in [1.165, 1.54) is 0 Å². The summed E-state index contributed by atoms with van der Waals surface area (Å²) in [5, 5.41) is 11.5. The summed E-state index contributed by atoms with van der Waals surface area (Å²) in [6.07, 6.45) is 0. The number of fused-ring (bicyclic) bond motifs is 1. The Morgan fingerprint density at radius 1 is 1.50 bits per heavy atom. The van der Waals surface area contributed by atoms with Gasteiger partial charge in [-0.25, -0.2) is 8.42 Å². The van der Waals surface area contributed by atoms with Crippen LogP contribution in [-0.4, -0.2) is 31.4 Å². The first kappa shape index (κ1) is 11.9. The molecule has 0 saturated heterocycles. The number of aliphatic hydroxyl groups excluding tert-OH is 1. The fourth-order valence-corrected chi connectivity index (χ4v) is 4.06. The van der Waals surface area contributed by atoms with Gasteiger partial charge in [-0.3, -0.25) is 0 Å². The van der Waals surface area contributed by atoms with E-state index in [2.05, 4.69) is 21.2 Å². The molecule has 1 aromatic rings. The number of anilines is 1. The van der Waals surface area contributed by atoms with Gasteiger partial charge in [-0.05, 0) is 25.1 Å². The Kier molecular flexibility index (Phi) is 2.98. The molecule has 0 amide bonds. The van der Waals surface area contributed by atoms with Crippen molar-refractivity contribution in [2.75, 3.05) is 11.9 Å². The van der Waals surface area contributed by atoms with Crippen molar-refractivity contribution in [1.29, 1.82) is 0 Å². The van der Waals surface area contributed by atoms with Crippen LogP contribution in [0.3, 0.4) is 0 Å². The standard InChI is InChI=1S/C10H12BrNO3S/c1-6-10(5-13)16(14,15)9-3-2-7(11)4-8(9)12-6/h2-4,6,10,12-13H,5H2,1H3. The highest BCUT2D eigenvalue weighted by molar-refractivity contribution is 9.10. The molecule has 2 unspecified atom stereocenters. The van der Waals surface area contributed by atoms with Crippen LogP contribution >= 0.6 is 15.9 Å². The minimum absolute atomic E-state index is 0.257. The third kappa shape index (κ3) is 1.74. The van der Waals surface area contributed by atoms with Crippen LogP contribution in [0.15, 0.2) is 27.6 Å². The molecule has 1 heterocycles. The molecule has 2 rings (SSSR count). The quantitative estimate of drug-likeness (QED) is 0.823. The van der Waals surface area contributed by atoms with Gasteiger partial charge < -0.3 is 10.4 Å². The summed E-state index contributed by atoms with van der Waals surface area (Å²) in [7, 11) is -3.43. The van der Waals surface area contributed by atoms with Crippen molar-refractivity contribution >= 4 is 31.5 Å². The van der Waals surface area contributed by atoms with Crippen molar-refractivity contribution in [2.45, 2.75) is 23.1 Å². The highest BCUT2D eigenvalue weighted by Gasteiger charge is 2.38. The van der Waals surface area contributed by atoms with Crippen LogP contribution in [0.1, 0.15) is 6.92 Å². The predicted molar refractivity (Wildman–Crippen MR) is 65.3 cm³/mol. The van der Waals surface area contributed by atoms with Crippen molar-refractivity contribution in [3.05, 3.63) is 22.7 Å². The maximum Gasteiger partial charge on any atom is 0.187 e. The third-order valence-corrected chi connectivity index (χ3v) is 5.58. The number of nitrogens with one attached hydrogen (secondary N) is 1. The lowest BCUT2D eigenvalue weighted by molar-refractivity contribution is 0.282. The smallest absolute Gasteiger partial charge is 0.187 e. The van der Waals surface area contributed by atoms with Crippen molar-refractivity contribution in [3.8, 4) is 0 Å². The second kappa shape index (κ2) is 4.01. The zero-order chi connectivity index (χ0) is 11.9. The second-order valence-electron chi connectivity index (χ2n) is 3.84. The van der Waals surface area contributed by atoms with Crippen LogP contribution in [0.2, 0.25) is 0 Å². The van der Waals surface area contributed by atoms with Gasteiger partial charge in [0, 0.05) is 10.5 Å².